The number of para-hydroxylation sites is 1. The number of benzene rings is 1. The molecule has 4 rings (SSSR count). The standard InChI is InChI=1S/C19H22N2O2/c1-20-11-7-16(14-20)18(22)21-12-9-19(10-13-21)8-6-15-4-2-3-5-17(15)23-19/h2-5,7,11,14H,6,8-10,12-13H2,1H3. The summed E-state index contributed by atoms with van der Waals surface area (Å²) in [5.74, 6) is 1.17. The molecule has 0 saturated carbocycles. The van der Waals surface area contributed by atoms with Crippen LogP contribution in [0.1, 0.15) is 35.2 Å². The Hall–Kier alpha value is -2.23. The van der Waals surface area contributed by atoms with E-state index < -0.39 is 0 Å². The minimum absolute atomic E-state index is 0.0815. The smallest absolute Gasteiger partial charge is 0.255 e. The molecule has 0 aliphatic carbocycles. The second-order valence-corrected chi connectivity index (χ2v) is 6.75. The molecule has 1 amide bonds. The maximum Gasteiger partial charge on any atom is 0.255 e. The molecule has 1 aromatic heterocycles. The quantitative estimate of drug-likeness (QED) is 0.811. The molecule has 120 valence electrons. The second kappa shape index (κ2) is 5.44. The van der Waals surface area contributed by atoms with Gasteiger partial charge in [0.1, 0.15) is 11.4 Å². The first-order chi connectivity index (χ1) is 11.2. The minimum atomic E-state index is -0.0815. The molecule has 3 heterocycles. The Morgan fingerprint density at radius 2 is 1.91 bits per heavy atom. The zero-order chi connectivity index (χ0) is 15.9. The van der Waals surface area contributed by atoms with Crippen molar-refractivity contribution in [2.45, 2.75) is 31.3 Å². The fraction of sp³-hybridized carbons (Fsp3) is 0.421. The Labute approximate surface area is 136 Å². The predicted molar refractivity (Wildman–Crippen MR) is 88.7 cm³/mol. The molecule has 4 heteroatoms. The van der Waals surface area contributed by atoms with Crippen molar-refractivity contribution in [1.82, 2.24) is 9.47 Å². The van der Waals surface area contributed by atoms with Crippen molar-refractivity contribution in [2.75, 3.05) is 13.1 Å². The number of amides is 1. The highest BCUT2D eigenvalue weighted by atomic mass is 16.5. The molecule has 1 saturated heterocycles. The van der Waals surface area contributed by atoms with Crippen LogP contribution in [0.25, 0.3) is 0 Å². The van der Waals surface area contributed by atoms with Crippen LogP contribution < -0.4 is 4.74 Å². The normalized spacial score (nSPS) is 19.3. The van der Waals surface area contributed by atoms with Gasteiger partial charge in [-0.2, -0.15) is 0 Å². The number of ether oxygens (including phenoxy) is 1. The third kappa shape index (κ3) is 2.62. The lowest BCUT2D eigenvalue weighted by Gasteiger charge is -2.44. The molecule has 0 N–H and O–H groups in total. The first kappa shape index (κ1) is 14.4. The van der Waals surface area contributed by atoms with Gasteiger partial charge in [0.05, 0.1) is 5.56 Å². The zero-order valence-corrected chi connectivity index (χ0v) is 13.5. The van der Waals surface area contributed by atoms with Crippen LogP contribution in [0.3, 0.4) is 0 Å². The summed E-state index contributed by atoms with van der Waals surface area (Å²) in [6, 6.07) is 10.2. The van der Waals surface area contributed by atoms with Crippen LogP contribution in [-0.4, -0.2) is 34.1 Å². The molecule has 0 bridgehead atoms. The van der Waals surface area contributed by atoms with Crippen LogP contribution in [-0.2, 0) is 13.5 Å². The van der Waals surface area contributed by atoms with Crippen LogP contribution in [0.5, 0.6) is 5.75 Å². The van der Waals surface area contributed by atoms with E-state index in [4.69, 9.17) is 4.74 Å². The number of aryl methyl sites for hydroxylation is 2. The topological polar surface area (TPSA) is 34.5 Å². The van der Waals surface area contributed by atoms with Crippen molar-refractivity contribution in [3.8, 4) is 5.75 Å². The number of likely N-dealkylation sites (tertiary alicyclic amines) is 1. The first-order valence-electron chi connectivity index (χ1n) is 8.33. The summed E-state index contributed by atoms with van der Waals surface area (Å²) in [5.41, 5.74) is 2.00. The van der Waals surface area contributed by atoms with Crippen molar-refractivity contribution in [3.05, 3.63) is 53.9 Å². The lowest BCUT2D eigenvalue weighted by Crippen LogP contribution is -2.51. The summed E-state index contributed by atoms with van der Waals surface area (Å²) in [6.45, 7) is 1.55. The van der Waals surface area contributed by atoms with Crippen LogP contribution in [0.2, 0.25) is 0 Å². The molecule has 0 radical (unpaired) electrons. The van der Waals surface area contributed by atoms with Crippen molar-refractivity contribution in [3.63, 3.8) is 0 Å². The van der Waals surface area contributed by atoms with Gasteiger partial charge < -0.3 is 14.2 Å². The SMILES string of the molecule is Cn1ccc(C(=O)N2CCC3(CCc4ccccc4O3)CC2)c1. The van der Waals surface area contributed by atoms with Crippen molar-refractivity contribution < 1.29 is 9.53 Å². The number of hydrogen-bond acceptors (Lipinski definition) is 2. The van der Waals surface area contributed by atoms with E-state index in [1.54, 1.807) is 0 Å². The molecular formula is C19H22N2O2. The minimum Gasteiger partial charge on any atom is -0.487 e. The largest absolute Gasteiger partial charge is 0.487 e. The van der Waals surface area contributed by atoms with E-state index in [0.29, 0.717) is 0 Å². The summed E-state index contributed by atoms with van der Waals surface area (Å²) in [6.07, 6.45) is 7.76. The van der Waals surface area contributed by atoms with E-state index in [1.807, 2.05) is 41.0 Å². The zero-order valence-electron chi connectivity index (χ0n) is 13.5. The Kier molecular flexibility index (Phi) is 3.40. The average molecular weight is 310 g/mol. The van der Waals surface area contributed by atoms with Crippen molar-refractivity contribution in [1.29, 1.82) is 0 Å². The maximum absolute atomic E-state index is 12.6. The molecular weight excluding hydrogens is 288 g/mol. The molecule has 23 heavy (non-hydrogen) atoms. The summed E-state index contributed by atoms with van der Waals surface area (Å²) >= 11 is 0. The molecule has 1 fully saturated rings. The Balaban J connectivity index is 1.44. The van der Waals surface area contributed by atoms with Gasteiger partial charge in [0.2, 0.25) is 0 Å². The number of fused-ring (bicyclic) bond motifs is 1. The van der Waals surface area contributed by atoms with Gasteiger partial charge in [-0.25, -0.2) is 0 Å². The Morgan fingerprint density at radius 3 is 2.65 bits per heavy atom. The van der Waals surface area contributed by atoms with Gasteiger partial charge in [-0.15, -0.1) is 0 Å². The number of carbonyl (C=O) groups is 1. The van der Waals surface area contributed by atoms with Crippen molar-refractivity contribution >= 4 is 5.91 Å². The van der Waals surface area contributed by atoms with Crippen molar-refractivity contribution in [2.24, 2.45) is 7.05 Å². The summed E-state index contributed by atoms with van der Waals surface area (Å²) < 4.78 is 8.27. The second-order valence-electron chi connectivity index (χ2n) is 6.75. The summed E-state index contributed by atoms with van der Waals surface area (Å²) in [7, 11) is 1.94. The molecule has 2 aliphatic rings. The Morgan fingerprint density at radius 1 is 1.13 bits per heavy atom. The highest BCUT2D eigenvalue weighted by Gasteiger charge is 2.40. The lowest BCUT2D eigenvalue weighted by molar-refractivity contribution is -0.0106. The number of nitrogens with zero attached hydrogens (tertiary/aromatic N) is 2. The van der Waals surface area contributed by atoms with Crippen LogP contribution in [0, 0.1) is 0 Å². The van der Waals surface area contributed by atoms with Crippen LogP contribution in [0.15, 0.2) is 42.7 Å². The van der Waals surface area contributed by atoms with E-state index in [9.17, 15) is 4.79 Å². The molecule has 2 aromatic rings. The van der Waals surface area contributed by atoms with Gasteiger partial charge in [0.25, 0.3) is 5.91 Å². The van der Waals surface area contributed by atoms with Gasteiger partial charge >= 0.3 is 0 Å². The summed E-state index contributed by atoms with van der Waals surface area (Å²) in [4.78, 5) is 14.5. The number of aromatic nitrogens is 1. The fourth-order valence-corrected chi connectivity index (χ4v) is 3.74. The number of piperidine rings is 1. The van der Waals surface area contributed by atoms with Gasteiger partial charge in [0, 0.05) is 45.4 Å². The van der Waals surface area contributed by atoms with E-state index in [-0.39, 0.29) is 11.5 Å². The fourth-order valence-electron chi connectivity index (χ4n) is 3.74. The van der Waals surface area contributed by atoms with E-state index >= 15 is 0 Å². The predicted octanol–water partition coefficient (Wildman–Crippen LogP) is 3.03. The van der Waals surface area contributed by atoms with E-state index in [0.717, 1.165) is 50.1 Å². The van der Waals surface area contributed by atoms with Crippen LogP contribution >= 0.6 is 0 Å². The number of hydrogen-bond donors (Lipinski definition) is 0. The van der Waals surface area contributed by atoms with Gasteiger partial charge in [0.15, 0.2) is 0 Å². The lowest BCUT2D eigenvalue weighted by atomic mass is 9.83. The highest BCUT2D eigenvalue weighted by molar-refractivity contribution is 5.94. The average Bonchev–Trinajstić information content (AvgIpc) is 3.01. The molecule has 2 aliphatic heterocycles. The maximum atomic E-state index is 12.6. The van der Waals surface area contributed by atoms with Crippen LogP contribution in [0.4, 0.5) is 0 Å². The highest BCUT2D eigenvalue weighted by Crippen LogP contribution is 2.39. The van der Waals surface area contributed by atoms with Gasteiger partial charge in [-0.05, 0) is 30.5 Å². The molecule has 0 unspecified atom stereocenters. The van der Waals surface area contributed by atoms with Gasteiger partial charge in [-0.1, -0.05) is 18.2 Å². The Bertz CT molecular complexity index is 726. The summed E-state index contributed by atoms with van der Waals surface area (Å²) in [5, 5.41) is 0. The molecule has 0 atom stereocenters. The van der Waals surface area contributed by atoms with E-state index in [2.05, 4.69) is 18.2 Å². The third-order valence-corrected chi connectivity index (χ3v) is 5.19. The number of rotatable bonds is 1. The monoisotopic (exact) mass is 310 g/mol. The molecule has 1 aromatic carbocycles. The molecule has 4 nitrogen and oxygen atoms in total. The first-order valence-corrected chi connectivity index (χ1v) is 8.33. The third-order valence-electron chi connectivity index (χ3n) is 5.19. The van der Waals surface area contributed by atoms with E-state index in [1.165, 1.54) is 5.56 Å². The number of carbonyl (C=O) groups excluding carboxylic acids is 1. The van der Waals surface area contributed by atoms with Gasteiger partial charge in [-0.3, -0.25) is 4.79 Å². The molecule has 1 spiro atoms.